The molecule has 132 valence electrons. The maximum atomic E-state index is 9.44. The Labute approximate surface area is 149 Å². The van der Waals surface area contributed by atoms with Gasteiger partial charge in [-0.3, -0.25) is 4.99 Å². The summed E-state index contributed by atoms with van der Waals surface area (Å²) in [5.41, 5.74) is 1.22. The van der Waals surface area contributed by atoms with Crippen LogP contribution in [-0.4, -0.2) is 49.9 Å². The highest BCUT2D eigenvalue weighted by Crippen LogP contribution is 2.45. The lowest BCUT2D eigenvalue weighted by Crippen LogP contribution is -2.45. The van der Waals surface area contributed by atoms with Gasteiger partial charge in [0.05, 0.1) is 13.2 Å². The van der Waals surface area contributed by atoms with E-state index in [9.17, 15) is 5.11 Å². The van der Waals surface area contributed by atoms with Crippen molar-refractivity contribution in [3.8, 4) is 0 Å². The Bertz CT molecular complexity index is 588. The molecule has 1 aromatic carbocycles. The molecule has 1 atom stereocenters. The topological polar surface area (TPSA) is 59.9 Å². The third kappa shape index (κ3) is 4.33. The second kappa shape index (κ2) is 7.62. The molecule has 2 fully saturated rings. The Morgan fingerprint density at radius 3 is 2.96 bits per heavy atom. The molecule has 1 saturated carbocycles. The molecule has 1 unspecified atom stereocenters. The normalized spacial score (nSPS) is 22.5. The smallest absolute Gasteiger partial charge is 0.191 e. The maximum Gasteiger partial charge on any atom is 0.191 e. The quantitative estimate of drug-likeness (QED) is 0.544. The molecule has 0 aromatic heterocycles. The zero-order valence-electron chi connectivity index (χ0n) is 14.3. The standard InChI is InChI=1S/C18H27ClN4O/c1-2-20-17(21-12-18(13-24)7-8-18)22-15-6-9-23(11-15)16-5-3-4-14(19)10-16/h3-5,10,15,24H,2,6-9,11-13H2,1H3,(H2,20,21,22). The summed E-state index contributed by atoms with van der Waals surface area (Å²) in [7, 11) is 0. The lowest BCUT2D eigenvalue weighted by Gasteiger charge is -2.21. The van der Waals surface area contributed by atoms with Crippen molar-refractivity contribution in [2.75, 3.05) is 37.7 Å². The molecule has 0 amide bonds. The van der Waals surface area contributed by atoms with Crippen LogP contribution in [0, 0.1) is 5.41 Å². The number of nitrogens with one attached hydrogen (secondary N) is 2. The largest absolute Gasteiger partial charge is 0.396 e. The zero-order valence-corrected chi connectivity index (χ0v) is 15.0. The van der Waals surface area contributed by atoms with Gasteiger partial charge in [0.1, 0.15) is 0 Å². The van der Waals surface area contributed by atoms with E-state index in [4.69, 9.17) is 11.6 Å². The number of nitrogens with zero attached hydrogens (tertiary/aromatic N) is 2. The van der Waals surface area contributed by atoms with Crippen LogP contribution in [0.2, 0.25) is 5.02 Å². The second-order valence-electron chi connectivity index (χ2n) is 6.91. The summed E-state index contributed by atoms with van der Waals surface area (Å²) in [5.74, 6) is 0.857. The van der Waals surface area contributed by atoms with Gasteiger partial charge in [0.15, 0.2) is 5.96 Å². The molecule has 1 heterocycles. The van der Waals surface area contributed by atoms with Crippen LogP contribution in [0.25, 0.3) is 0 Å². The van der Waals surface area contributed by atoms with E-state index >= 15 is 0 Å². The number of aliphatic imine (C=N–C) groups is 1. The predicted octanol–water partition coefficient (Wildman–Crippen LogP) is 2.25. The van der Waals surface area contributed by atoms with Crippen molar-refractivity contribution in [2.24, 2.45) is 10.4 Å². The SMILES string of the molecule is CCNC(=NCC1(CO)CC1)NC1CCN(c2cccc(Cl)c2)C1. The highest BCUT2D eigenvalue weighted by atomic mass is 35.5. The minimum absolute atomic E-state index is 0.0465. The van der Waals surface area contributed by atoms with Gasteiger partial charge in [-0.15, -0.1) is 0 Å². The molecule has 1 aliphatic heterocycles. The van der Waals surface area contributed by atoms with E-state index < -0.39 is 0 Å². The van der Waals surface area contributed by atoms with Crippen LogP contribution in [0.15, 0.2) is 29.3 Å². The Morgan fingerprint density at radius 1 is 1.46 bits per heavy atom. The third-order valence-electron chi connectivity index (χ3n) is 4.91. The van der Waals surface area contributed by atoms with Gasteiger partial charge in [-0.25, -0.2) is 0 Å². The molecule has 0 bridgehead atoms. The van der Waals surface area contributed by atoms with E-state index in [-0.39, 0.29) is 12.0 Å². The van der Waals surface area contributed by atoms with Crippen LogP contribution in [0.3, 0.4) is 0 Å². The minimum atomic E-state index is 0.0465. The number of benzene rings is 1. The lowest BCUT2D eigenvalue weighted by atomic mass is 10.1. The first kappa shape index (κ1) is 17.4. The Morgan fingerprint density at radius 2 is 2.29 bits per heavy atom. The molecule has 0 spiro atoms. The van der Waals surface area contributed by atoms with E-state index in [0.717, 1.165) is 49.9 Å². The summed E-state index contributed by atoms with van der Waals surface area (Å²) >= 11 is 6.10. The van der Waals surface area contributed by atoms with Gasteiger partial charge in [0.25, 0.3) is 0 Å². The van der Waals surface area contributed by atoms with E-state index in [0.29, 0.717) is 12.6 Å². The van der Waals surface area contributed by atoms with E-state index in [1.54, 1.807) is 0 Å². The van der Waals surface area contributed by atoms with Crippen molar-refractivity contribution in [3.05, 3.63) is 29.3 Å². The highest BCUT2D eigenvalue weighted by Gasteiger charge is 2.41. The highest BCUT2D eigenvalue weighted by molar-refractivity contribution is 6.30. The fraction of sp³-hybridized carbons (Fsp3) is 0.611. The average Bonchev–Trinajstić information content (AvgIpc) is 3.22. The van der Waals surface area contributed by atoms with Crippen LogP contribution in [0.5, 0.6) is 0 Å². The van der Waals surface area contributed by atoms with Crippen molar-refractivity contribution < 1.29 is 5.11 Å². The van der Waals surface area contributed by atoms with Crippen molar-refractivity contribution in [2.45, 2.75) is 32.2 Å². The fourth-order valence-corrected chi connectivity index (χ4v) is 3.27. The van der Waals surface area contributed by atoms with E-state index in [1.165, 1.54) is 5.69 Å². The number of aliphatic hydroxyl groups is 1. The fourth-order valence-electron chi connectivity index (χ4n) is 3.09. The van der Waals surface area contributed by atoms with Crippen LogP contribution in [-0.2, 0) is 0 Å². The van der Waals surface area contributed by atoms with E-state index in [2.05, 4.69) is 33.5 Å². The summed E-state index contributed by atoms with van der Waals surface area (Å²) in [4.78, 5) is 7.04. The molecule has 24 heavy (non-hydrogen) atoms. The van der Waals surface area contributed by atoms with Gasteiger partial charge in [-0.1, -0.05) is 17.7 Å². The number of halogens is 1. The van der Waals surface area contributed by atoms with Gasteiger partial charge in [-0.05, 0) is 44.4 Å². The first-order valence-electron chi connectivity index (χ1n) is 8.80. The van der Waals surface area contributed by atoms with Gasteiger partial charge in [0, 0.05) is 41.8 Å². The molecule has 0 radical (unpaired) electrons. The lowest BCUT2D eigenvalue weighted by molar-refractivity contribution is 0.217. The third-order valence-corrected chi connectivity index (χ3v) is 5.15. The Balaban J connectivity index is 1.57. The number of guanidine groups is 1. The van der Waals surface area contributed by atoms with Crippen LogP contribution >= 0.6 is 11.6 Å². The second-order valence-corrected chi connectivity index (χ2v) is 7.35. The number of hydrogen-bond donors (Lipinski definition) is 3. The average molecular weight is 351 g/mol. The van der Waals surface area contributed by atoms with Gasteiger partial charge >= 0.3 is 0 Å². The summed E-state index contributed by atoms with van der Waals surface area (Å²) in [5, 5.41) is 17.1. The Kier molecular flexibility index (Phi) is 5.51. The summed E-state index contributed by atoms with van der Waals surface area (Å²) in [6.07, 6.45) is 3.23. The number of rotatable bonds is 6. The zero-order chi connectivity index (χ0) is 17.0. The molecule has 5 nitrogen and oxygen atoms in total. The molecule has 1 aromatic rings. The summed E-state index contributed by atoms with van der Waals surface area (Å²) < 4.78 is 0. The van der Waals surface area contributed by atoms with Gasteiger partial charge in [-0.2, -0.15) is 0 Å². The summed E-state index contributed by atoms with van der Waals surface area (Å²) in [6, 6.07) is 8.38. The minimum Gasteiger partial charge on any atom is -0.396 e. The molecule has 3 rings (SSSR count). The number of hydrogen-bond acceptors (Lipinski definition) is 3. The molecule has 2 aliphatic rings. The molecule has 1 aliphatic carbocycles. The number of aliphatic hydroxyl groups excluding tert-OH is 1. The molecule has 6 heteroatoms. The van der Waals surface area contributed by atoms with E-state index in [1.807, 2.05) is 18.2 Å². The molecule has 1 saturated heterocycles. The maximum absolute atomic E-state index is 9.44. The van der Waals surface area contributed by atoms with Crippen LogP contribution in [0.4, 0.5) is 5.69 Å². The van der Waals surface area contributed by atoms with Crippen molar-refractivity contribution >= 4 is 23.2 Å². The molecular weight excluding hydrogens is 324 g/mol. The van der Waals surface area contributed by atoms with Crippen molar-refractivity contribution in [1.29, 1.82) is 0 Å². The van der Waals surface area contributed by atoms with Crippen LogP contribution in [0.1, 0.15) is 26.2 Å². The summed E-state index contributed by atoms with van der Waals surface area (Å²) in [6.45, 7) is 5.80. The number of anilines is 1. The predicted molar refractivity (Wildman–Crippen MR) is 99.9 cm³/mol. The monoisotopic (exact) mass is 350 g/mol. The Hall–Kier alpha value is -1.46. The molecular formula is C18H27ClN4O. The van der Waals surface area contributed by atoms with Crippen LogP contribution < -0.4 is 15.5 Å². The van der Waals surface area contributed by atoms with Gasteiger partial charge in [0.2, 0.25) is 0 Å². The first-order chi connectivity index (χ1) is 11.6. The van der Waals surface area contributed by atoms with Crippen molar-refractivity contribution in [3.63, 3.8) is 0 Å². The van der Waals surface area contributed by atoms with Gasteiger partial charge < -0.3 is 20.6 Å². The van der Waals surface area contributed by atoms with Crippen molar-refractivity contribution in [1.82, 2.24) is 10.6 Å². The first-order valence-corrected chi connectivity index (χ1v) is 9.18. The molecule has 3 N–H and O–H groups in total.